The lowest BCUT2D eigenvalue weighted by molar-refractivity contribution is -0.154. The van der Waals surface area contributed by atoms with Crippen molar-refractivity contribution < 1.29 is 32.9 Å². The average molecular weight is 499 g/mol. The van der Waals surface area contributed by atoms with Gasteiger partial charge in [0, 0.05) is 6.42 Å². The Hall–Kier alpha value is -3.92. The van der Waals surface area contributed by atoms with Crippen LogP contribution in [0.2, 0.25) is 0 Å². The van der Waals surface area contributed by atoms with E-state index in [-0.39, 0.29) is 5.75 Å². The van der Waals surface area contributed by atoms with Crippen molar-refractivity contribution in [2.24, 2.45) is 5.10 Å². The first-order chi connectivity index (χ1) is 17.0. The van der Waals surface area contributed by atoms with Gasteiger partial charge in [-0.15, -0.1) is 11.3 Å². The van der Waals surface area contributed by atoms with Crippen LogP contribution in [0.25, 0.3) is 0 Å². The highest BCUT2D eigenvalue weighted by molar-refractivity contribution is 7.12. The number of esters is 1. The van der Waals surface area contributed by atoms with E-state index in [1.54, 1.807) is 25.3 Å². The number of hydrazone groups is 1. The van der Waals surface area contributed by atoms with Crippen molar-refractivity contribution in [2.75, 3.05) is 27.4 Å². The van der Waals surface area contributed by atoms with Crippen LogP contribution in [0.4, 0.5) is 4.39 Å². The Balaban J connectivity index is 1.46. The molecule has 0 spiro atoms. The number of thiophene rings is 1. The molecule has 10 heteroatoms. The fourth-order valence-electron chi connectivity index (χ4n) is 3.60. The number of carbonyl (C=O) groups is 2. The summed E-state index contributed by atoms with van der Waals surface area (Å²) in [5.41, 5.74) is 1.54. The first-order valence-corrected chi connectivity index (χ1v) is 11.6. The molecule has 2 aromatic carbocycles. The third-order valence-corrected chi connectivity index (χ3v) is 6.22. The number of hydrogen-bond acceptors (Lipinski definition) is 8. The molecule has 1 aromatic heterocycles. The predicted octanol–water partition coefficient (Wildman–Crippen LogP) is 4.20. The summed E-state index contributed by atoms with van der Waals surface area (Å²) in [5, 5.41) is 7.79. The molecule has 1 unspecified atom stereocenters. The molecule has 1 aliphatic rings. The summed E-state index contributed by atoms with van der Waals surface area (Å²) in [6.07, 6.45) is 0.478. The van der Waals surface area contributed by atoms with Crippen LogP contribution < -0.4 is 14.2 Å². The zero-order valence-electron chi connectivity index (χ0n) is 19.1. The van der Waals surface area contributed by atoms with E-state index in [1.165, 1.54) is 41.7 Å². The lowest BCUT2D eigenvalue weighted by atomic mass is 10.0. The number of benzene rings is 2. The second kappa shape index (κ2) is 11.0. The molecule has 0 N–H and O–H groups in total. The van der Waals surface area contributed by atoms with E-state index in [1.807, 2.05) is 23.6 Å². The number of rotatable bonds is 9. The number of ether oxygens (including phenoxy) is 4. The Labute approximate surface area is 205 Å². The molecule has 1 amide bonds. The normalized spacial score (nSPS) is 14.9. The minimum Gasteiger partial charge on any atom is -0.493 e. The van der Waals surface area contributed by atoms with Crippen LogP contribution in [0.15, 0.2) is 65.1 Å². The summed E-state index contributed by atoms with van der Waals surface area (Å²) < 4.78 is 34.6. The van der Waals surface area contributed by atoms with Gasteiger partial charge in [-0.3, -0.25) is 4.79 Å². The number of nitrogens with zero attached hydrogens (tertiary/aromatic N) is 2. The molecule has 0 radical (unpaired) electrons. The molecule has 35 heavy (non-hydrogen) atoms. The fourth-order valence-corrected chi connectivity index (χ4v) is 4.32. The van der Waals surface area contributed by atoms with Crippen LogP contribution in [0.3, 0.4) is 0 Å². The van der Waals surface area contributed by atoms with Crippen LogP contribution in [-0.2, 0) is 14.3 Å². The molecule has 0 saturated carbocycles. The van der Waals surface area contributed by atoms with Gasteiger partial charge in [-0.1, -0.05) is 24.3 Å². The average Bonchev–Trinajstić information content (AvgIpc) is 3.57. The van der Waals surface area contributed by atoms with E-state index in [2.05, 4.69) is 5.10 Å². The lowest BCUT2D eigenvalue weighted by Gasteiger charge is -2.22. The SMILES string of the molecule is COc1ccc(C2CC(c3cccs3)=NN2C(=O)COC(=O)COc2ccccc2F)cc1OC. The van der Waals surface area contributed by atoms with Crippen LogP contribution >= 0.6 is 11.3 Å². The summed E-state index contributed by atoms with van der Waals surface area (Å²) in [6, 6.07) is 14.5. The van der Waals surface area contributed by atoms with Crippen molar-refractivity contribution in [1.82, 2.24) is 5.01 Å². The van der Waals surface area contributed by atoms with Crippen LogP contribution in [0, 0.1) is 5.82 Å². The summed E-state index contributed by atoms with van der Waals surface area (Å²) in [4.78, 5) is 26.1. The lowest BCUT2D eigenvalue weighted by Crippen LogP contribution is -2.32. The van der Waals surface area contributed by atoms with E-state index in [0.29, 0.717) is 17.9 Å². The van der Waals surface area contributed by atoms with Gasteiger partial charge in [-0.05, 0) is 41.3 Å². The molecule has 0 aliphatic carbocycles. The molecule has 1 atom stereocenters. The van der Waals surface area contributed by atoms with Gasteiger partial charge in [0.25, 0.3) is 5.91 Å². The summed E-state index contributed by atoms with van der Waals surface area (Å²) >= 11 is 1.52. The van der Waals surface area contributed by atoms with Crippen LogP contribution in [0.5, 0.6) is 17.2 Å². The van der Waals surface area contributed by atoms with E-state index < -0.39 is 36.9 Å². The third-order valence-electron chi connectivity index (χ3n) is 5.30. The van der Waals surface area contributed by atoms with Gasteiger partial charge in [0.15, 0.2) is 36.3 Å². The standard InChI is InChI=1S/C25H23FN2O6S/c1-31-21-10-9-16(12-22(21)32-2)19-13-18(23-8-5-11-35-23)27-28(19)24(29)14-34-25(30)15-33-20-7-4-3-6-17(20)26/h3-12,19H,13-15H2,1-2H3. The van der Waals surface area contributed by atoms with Gasteiger partial charge in [0.1, 0.15) is 0 Å². The zero-order chi connectivity index (χ0) is 24.8. The van der Waals surface area contributed by atoms with Crippen LogP contribution in [0.1, 0.15) is 22.9 Å². The Morgan fingerprint density at radius 1 is 1.03 bits per heavy atom. The number of carbonyl (C=O) groups excluding carboxylic acids is 2. The van der Waals surface area contributed by atoms with Gasteiger partial charge < -0.3 is 18.9 Å². The molecular formula is C25H23FN2O6S. The van der Waals surface area contributed by atoms with E-state index in [0.717, 1.165) is 16.2 Å². The predicted molar refractivity (Wildman–Crippen MR) is 127 cm³/mol. The zero-order valence-corrected chi connectivity index (χ0v) is 19.9. The first-order valence-electron chi connectivity index (χ1n) is 10.7. The number of para-hydroxylation sites is 1. The minimum absolute atomic E-state index is 0.0750. The minimum atomic E-state index is -0.800. The van der Waals surface area contributed by atoms with E-state index in [4.69, 9.17) is 18.9 Å². The molecule has 3 aromatic rings. The van der Waals surface area contributed by atoms with Gasteiger partial charge in [0.05, 0.1) is 30.9 Å². The Morgan fingerprint density at radius 3 is 2.54 bits per heavy atom. The molecule has 182 valence electrons. The Bertz CT molecular complexity index is 1230. The van der Waals surface area contributed by atoms with Crippen molar-refractivity contribution in [3.8, 4) is 17.2 Å². The highest BCUT2D eigenvalue weighted by Crippen LogP contribution is 2.37. The quantitative estimate of drug-likeness (QED) is 0.411. The maximum atomic E-state index is 13.6. The fraction of sp³-hybridized carbons (Fsp3) is 0.240. The summed E-state index contributed by atoms with van der Waals surface area (Å²) in [5.74, 6) is -0.883. The van der Waals surface area contributed by atoms with Crippen LogP contribution in [-0.4, -0.2) is 50.0 Å². The van der Waals surface area contributed by atoms with Crippen molar-refractivity contribution >= 4 is 28.9 Å². The largest absolute Gasteiger partial charge is 0.493 e. The molecule has 0 saturated heterocycles. The van der Waals surface area contributed by atoms with Crippen molar-refractivity contribution in [3.63, 3.8) is 0 Å². The van der Waals surface area contributed by atoms with E-state index in [9.17, 15) is 14.0 Å². The van der Waals surface area contributed by atoms with Crippen molar-refractivity contribution in [1.29, 1.82) is 0 Å². The molecule has 0 bridgehead atoms. The van der Waals surface area contributed by atoms with E-state index >= 15 is 0 Å². The summed E-state index contributed by atoms with van der Waals surface area (Å²) in [6.45, 7) is -1.07. The highest BCUT2D eigenvalue weighted by atomic mass is 32.1. The number of methoxy groups -OCH3 is 2. The maximum absolute atomic E-state index is 13.6. The molecule has 1 aliphatic heterocycles. The Kier molecular flexibility index (Phi) is 7.61. The molecule has 0 fully saturated rings. The Morgan fingerprint density at radius 2 is 1.83 bits per heavy atom. The summed E-state index contributed by atoms with van der Waals surface area (Å²) in [7, 11) is 3.08. The second-order valence-electron chi connectivity index (χ2n) is 7.48. The topological polar surface area (TPSA) is 86.7 Å². The van der Waals surface area contributed by atoms with Crippen molar-refractivity contribution in [2.45, 2.75) is 12.5 Å². The molecule has 8 nitrogen and oxygen atoms in total. The molecule has 2 heterocycles. The second-order valence-corrected chi connectivity index (χ2v) is 8.42. The van der Waals surface area contributed by atoms with Gasteiger partial charge in [-0.25, -0.2) is 14.2 Å². The highest BCUT2D eigenvalue weighted by Gasteiger charge is 2.34. The number of amides is 1. The first kappa shape index (κ1) is 24.2. The molecule has 4 rings (SSSR count). The molecular weight excluding hydrogens is 475 g/mol. The van der Waals surface area contributed by atoms with Gasteiger partial charge in [-0.2, -0.15) is 5.10 Å². The van der Waals surface area contributed by atoms with Gasteiger partial charge >= 0.3 is 5.97 Å². The number of halogens is 1. The third kappa shape index (κ3) is 5.60. The smallest absolute Gasteiger partial charge is 0.344 e. The van der Waals surface area contributed by atoms with Crippen molar-refractivity contribution in [3.05, 3.63) is 76.2 Å². The number of hydrogen-bond donors (Lipinski definition) is 0. The van der Waals surface area contributed by atoms with Gasteiger partial charge in [0.2, 0.25) is 0 Å². The maximum Gasteiger partial charge on any atom is 0.344 e. The monoisotopic (exact) mass is 498 g/mol.